The molecular weight excluding hydrogens is 350 g/mol. The Balaban J connectivity index is 1.58. The molecule has 26 heavy (non-hydrogen) atoms. The normalized spacial score (nSPS) is 20.6. The fraction of sp³-hybridized carbons (Fsp3) is 0.565. The van der Waals surface area contributed by atoms with Gasteiger partial charge in [-0.05, 0) is 54.5 Å². The van der Waals surface area contributed by atoms with Crippen LogP contribution in [0.2, 0.25) is 5.02 Å². The SMILES string of the molecule is CCCCCCCC1CCC(c2ccc3c(F)c(Cl)c(F)cc3c2)CC1. The molecule has 0 unspecified atom stereocenters. The van der Waals surface area contributed by atoms with E-state index in [4.69, 9.17) is 11.6 Å². The Morgan fingerprint density at radius 2 is 1.69 bits per heavy atom. The molecule has 0 amide bonds. The van der Waals surface area contributed by atoms with Crippen molar-refractivity contribution in [1.29, 1.82) is 0 Å². The molecule has 1 saturated carbocycles. The Kier molecular flexibility index (Phi) is 6.92. The lowest BCUT2D eigenvalue weighted by Gasteiger charge is -2.29. The van der Waals surface area contributed by atoms with Gasteiger partial charge in [-0.3, -0.25) is 0 Å². The van der Waals surface area contributed by atoms with Crippen LogP contribution in [0.3, 0.4) is 0 Å². The second kappa shape index (κ2) is 9.17. The van der Waals surface area contributed by atoms with Crippen LogP contribution in [0.1, 0.15) is 82.6 Å². The van der Waals surface area contributed by atoms with Gasteiger partial charge in [0.05, 0.1) is 0 Å². The Morgan fingerprint density at radius 1 is 0.962 bits per heavy atom. The summed E-state index contributed by atoms with van der Waals surface area (Å²) in [4.78, 5) is 0. The summed E-state index contributed by atoms with van der Waals surface area (Å²) in [7, 11) is 0. The minimum atomic E-state index is -0.680. The van der Waals surface area contributed by atoms with Gasteiger partial charge in [-0.1, -0.05) is 75.2 Å². The molecule has 1 aliphatic carbocycles. The highest BCUT2D eigenvalue weighted by atomic mass is 35.5. The van der Waals surface area contributed by atoms with Crippen molar-refractivity contribution in [2.45, 2.75) is 77.0 Å². The maximum Gasteiger partial charge on any atom is 0.152 e. The molecule has 0 aliphatic heterocycles. The molecule has 2 aromatic carbocycles. The van der Waals surface area contributed by atoms with Crippen LogP contribution in [0, 0.1) is 17.6 Å². The van der Waals surface area contributed by atoms with Crippen LogP contribution in [0.5, 0.6) is 0 Å². The van der Waals surface area contributed by atoms with Crippen molar-refractivity contribution < 1.29 is 8.78 Å². The first-order valence-electron chi connectivity index (χ1n) is 10.2. The minimum absolute atomic E-state index is 0.404. The molecule has 0 N–H and O–H groups in total. The van der Waals surface area contributed by atoms with Gasteiger partial charge in [-0.2, -0.15) is 0 Å². The number of halogens is 3. The molecule has 3 rings (SSSR count). The molecule has 142 valence electrons. The van der Waals surface area contributed by atoms with Gasteiger partial charge in [0.2, 0.25) is 0 Å². The summed E-state index contributed by atoms with van der Waals surface area (Å²) in [5.41, 5.74) is 1.21. The monoisotopic (exact) mass is 378 g/mol. The molecule has 0 bridgehead atoms. The number of unbranched alkanes of at least 4 members (excludes halogenated alkanes) is 4. The number of fused-ring (bicyclic) bond motifs is 1. The van der Waals surface area contributed by atoms with Crippen LogP contribution < -0.4 is 0 Å². The molecule has 0 spiro atoms. The second-order valence-electron chi connectivity index (χ2n) is 7.89. The topological polar surface area (TPSA) is 0 Å². The molecule has 0 radical (unpaired) electrons. The van der Waals surface area contributed by atoms with Crippen molar-refractivity contribution in [3.8, 4) is 0 Å². The van der Waals surface area contributed by atoms with E-state index < -0.39 is 16.7 Å². The van der Waals surface area contributed by atoms with Crippen molar-refractivity contribution in [1.82, 2.24) is 0 Å². The lowest BCUT2D eigenvalue weighted by atomic mass is 9.76. The summed E-state index contributed by atoms with van der Waals surface area (Å²) < 4.78 is 27.9. The largest absolute Gasteiger partial charge is 0.205 e. The van der Waals surface area contributed by atoms with Crippen LogP contribution in [-0.4, -0.2) is 0 Å². The molecule has 1 fully saturated rings. The van der Waals surface area contributed by atoms with Crippen molar-refractivity contribution >= 4 is 22.4 Å². The van der Waals surface area contributed by atoms with Gasteiger partial charge >= 0.3 is 0 Å². The lowest BCUT2D eigenvalue weighted by Crippen LogP contribution is -2.13. The fourth-order valence-electron chi connectivity index (χ4n) is 4.40. The zero-order valence-corrected chi connectivity index (χ0v) is 16.4. The van der Waals surface area contributed by atoms with E-state index in [0.717, 1.165) is 5.92 Å². The maximum absolute atomic E-state index is 14.1. The third-order valence-corrected chi connectivity index (χ3v) is 6.38. The van der Waals surface area contributed by atoms with E-state index in [1.807, 2.05) is 12.1 Å². The average Bonchev–Trinajstić information content (AvgIpc) is 2.66. The lowest BCUT2D eigenvalue weighted by molar-refractivity contribution is 0.302. The average molecular weight is 379 g/mol. The first-order valence-corrected chi connectivity index (χ1v) is 10.5. The molecule has 0 saturated heterocycles. The summed E-state index contributed by atoms with van der Waals surface area (Å²) in [6.45, 7) is 2.26. The van der Waals surface area contributed by atoms with Crippen LogP contribution in [-0.2, 0) is 0 Å². The van der Waals surface area contributed by atoms with Crippen molar-refractivity contribution in [3.63, 3.8) is 0 Å². The summed E-state index contributed by atoms with van der Waals surface area (Å²) in [5, 5.41) is 0.602. The number of benzene rings is 2. The quantitative estimate of drug-likeness (QED) is 0.335. The highest BCUT2D eigenvalue weighted by Crippen LogP contribution is 2.39. The van der Waals surface area contributed by atoms with Gasteiger partial charge in [0, 0.05) is 5.39 Å². The first-order chi connectivity index (χ1) is 12.6. The molecule has 0 nitrogen and oxygen atoms in total. The Labute approximate surface area is 160 Å². The second-order valence-corrected chi connectivity index (χ2v) is 8.27. The van der Waals surface area contributed by atoms with Gasteiger partial charge in [0.15, 0.2) is 5.82 Å². The van der Waals surface area contributed by atoms with Gasteiger partial charge in [-0.15, -0.1) is 0 Å². The predicted octanol–water partition coefficient (Wildman–Crippen LogP) is 8.41. The van der Waals surface area contributed by atoms with Crippen LogP contribution in [0.15, 0.2) is 24.3 Å². The van der Waals surface area contributed by atoms with E-state index in [-0.39, 0.29) is 0 Å². The van der Waals surface area contributed by atoms with Crippen molar-refractivity contribution in [2.75, 3.05) is 0 Å². The van der Waals surface area contributed by atoms with Crippen molar-refractivity contribution in [2.24, 2.45) is 5.92 Å². The van der Waals surface area contributed by atoms with E-state index in [1.54, 1.807) is 6.07 Å². The maximum atomic E-state index is 14.1. The van der Waals surface area contributed by atoms with E-state index in [1.165, 1.54) is 75.8 Å². The zero-order chi connectivity index (χ0) is 18.5. The molecular formula is C23H29ClF2. The highest BCUT2D eigenvalue weighted by Gasteiger charge is 2.23. The molecule has 0 heterocycles. The van der Waals surface area contributed by atoms with Crippen LogP contribution in [0.25, 0.3) is 10.8 Å². The van der Waals surface area contributed by atoms with Crippen molar-refractivity contribution in [3.05, 3.63) is 46.5 Å². The molecule has 0 aromatic heterocycles. The van der Waals surface area contributed by atoms with Gasteiger partial charge in [0.25, 0.3) is 0 Å². The Bertz CT molecular complexity index is 733. The molecule has 1 aliphatic rings. The zero-order valence-electron chi connectivity index (χ0n) is 15.7. The summed E-state index contributed by atoms with van der Waals surface area (Å²) in [6, 6.07) is 7.06. The van der Waals surface area contributed by atoms with Crippen LogP contribution >= 0.6 is 11.6 Å². The Morgan fingerprint density at radius 3 is 2.42 bits per heavy atom. The minimum Gasteiger partial charge on any atom is -0.205 e. The molecule has 3 heteroatoms. The third-order valence-electron chi connectivity index (χ3n) is 6.03. The fourth-order valence-corrected chi connectivity index (χ4v) is 4.55. The highest BCUT2D eigenvalue weighted by molar-refractivity contribution is 6.31. The third kappa shape index (κ3) is 4.57. The standard InChI is InChI=1S/C23H29ClF2/c1-2-3-4-5-6-7-16-8-10-17(11-9-16)18-12-13-20-19(14-18)15-21(25)22(24)23(20)26/h12-17H,2-11H2,1H3. The first kappa shape index (κ1) is 19.6. The summed E-state index contributed by atoms with van der Waals surface area (Å²) >= 11 is 5.68. The number of hydrogen-bond acceptors (Lipinski definition) is 0. The molecule has 2 aromatic rings. The van der Waals surface area contributed by atoms with E-state index in [0.29, 0.717) is 16.7 Å². The van der Waals surface area contributed by atoms with E-state index >= 15 is 0 Å². The van der Waals surface area contributed by atoms with E-state index in [2.05, 4.69) is 6.92 Å². The van der Waals surface area contributed by atoms with E-state index in [9.17, 15) is 8.78 Å². The Hall–Kier alpha value is -1.15. The number of rotatable bonds is 7. The predicted molar refractivity (Wildman–Crippen MR) is 107 cm³/mol. The van der Waals surface area contributed by atoms with Gasteiger partial charge in [0.1, 0.15) is 10.8 Å². The van der Waals surface area contributed by atoms with Gasteiger partial charge in [-0.25, -0.2) is 8.78 Å². The smallest absolute Gasteiger partial charge is 0.152 e. The molecule has 0 atom stereocenters. The summed E-state index contributed by atoms with van der Waals surface area (Å²) in [5.74, 6) is 0.0418. The number of hydrogen-bond donors (Lipinski definition) is 0. The summed E-state index contributed by atoms with van der Waals surface area (Å²) in [6.07, 6.45) is 13.1. The van der Waals surface area contributed by atoms with Gasteiger partial charge < -0.3 is 0 Å². The van der Waals surface area contributed by atoms with Crippen LogP contribution in [0.4, 0.5) is 8.78 Å².